The van der Waals surface area contributed by atoms with Gasteiger partial charge in [0.2, 0.25) is 10.0 Å². The quantitative estimate of drug-likeness (QED) is 0.859. The van der Waals surface area contributed by atoms with Gasteiger partial charge in [-0.05, 0) is 47.3 Å². The van der Waals surface area contributed by atoms with Crippen LogP contribution in [0.3, 0.4) is 0 Å². The van der Waals surface area contributed by atoms with Crippen LogP contribution < -0.4 is 5.32 Å². The maximum atomic E-state index is 12.8. The number of nitrogens with zero attached hydrogens (tertiary/aromatic N) is 1. The molecule has 2 aliphatic heterocycles. The minimum atomic E-state index is -3.50. The van der Waals surface area contributed by atoms with E-state index in [0.717, 1.165) is 19.3 Å². The molecule has 0 amide bonds. The van der Waals surface area contributed by atoms with Crippen LogP contribution in [-0.2, 0) is 10.0 Å². The largest absolute Gasteiger partial charge is 0.310 e. The number of nitrogens with one attached hydrogen (secondary N) is 1. The highest BCUT2D eigenvalue weighted by Gasteiger charge is 2.35. The third-order valence-electron chi connectivity index (χ3n) is 4.02. The second-order valence-corrected chi connectivity index (χ2v) is 8.45. The van der Waals surface area contributed by atoms with Crippen LogP contribution in [0.15, 0.2) is 27.6 Å². The van der Waals surface area contributed by atoms with Crippen LogP contribution in [-0.4, -0.2) is 37.9 Å². The second-order valence-electron chi connectivity index (χ2n) is 5.34. The molecule has 3 rings (SSSR count). The normalized spacial score (nSPS) is 27.5. The van der Waals surface area contributed by atoms with E-state index < -0.39 is 10.0 Å². The van der Waals surface area contributed by atoms with Crippen LogP contribution >= 0.6 is 27.5 Å². The van der Waals surface area contributed by atoms with E-state index in [2.05, 4.69) is 21.2 Å². The van der Waals surface area contributed by atoms with Gasteiger partial charge in [-0.3, -0.25) is 0 Å². The summed E-state index contributed by atoms with van der Waals surface area (Å²) < 4.78 is 27.6. The van der Waals surface area contributed by atoms with Gasteiger partial charge in [-0.15, -0.1) is 0 Å². The molecule has 2 saturated heterocycles. The monoisotopic (exact) mass is 378 g/mol. The molecule has 2 fully saturated rings. The van der Waals surface area contributed by atoms with Crippen LogP contribution in [0.1, 0.15) is 19.3 Å². The molecule has 2 aliphatic rings. The van der Waals surface area contributed by atoms with E-state index in [1.165, 1.54) is 0 Å². The van der Waals surface area contributed by atoms with Gasteiger partial charge in [0.05, 0.1) is 14.4 Å². The average molecular weight is 380 g/mol. The van der Waals surface area contributed by atoms with E-state index in [4.69, 9.17) is 11.6 Å². The van der Waals surface area contributed by atoms with Crippen molar-refractivity contribution in [1.82, 2.24) is 9.62 Å². The maximum Gasteiger partial charge on any atom is 0.244 e. The summed E-state index contributed by atoms with van der Waals surface area (Å²) in [5.74, 6) is 0. The zero-order valence-electron chi connectivity index (χ0n) is 10.9. The number of hydrogen-bond donors (Lipinski definition) is 1. The molecule has 20 heavy (non-hydrogen) atoms. The first-order valence-electron chi connectivity index (χ1n) is 6.68. The molecule has 110 valence electrons. The first-order valence-corrected chi connectivity index (χ1v) is 9.30. The Bertz CT molecular complexity index is 623. The molecular weight excluding hydrogens is 364 g/mol. The predicted molar refractivity (Wildman–Crippen MR) is 82.5 cm³/mol. The Labute approximate surface area is 132 Å². The summed E-state index contributed by atoms with van der Waals surface area (Å²) in [4.78, 5) is 0.253. The molecule has 2 unspecified atom stereocenters. The van der Waals surface area contributed by atoms with Crippen molar-refractivity contribution in [2.75, 3.05) is 13.1 Å². The average Bonchev–Trinajstić information content (AvgIpc) is 2.71. The van der Waals surface area contributed by atoms with E-state index in [1.54, 1.807) is 22.5 Å². The van der Waals surface area contributed by atoms with Crippen LogP contribution in [0.25, 0.3) is 0 Å². The highest BCUT2D eigenvalue weighted by molar-refractivity contribution is 9.10. The van der Waals surface area contributed by atoms with E-state index >= 15 is 0 Å². The number of rotatable bonds is 2. The van der Waals surface area contributed by atoms with Crippen molar-refractivity contribution in [2.24, 2.45) is 0 Å². The van der Waals surface area contributed by atoms with Crippen molar-refractivity contribution in [3.63, 3.8) is 0 Å². The highest BCUT2D eigenvalue weighted by atomic mass is 79.9. The smallest absolute Gasteiger partial charge is 0.244 e. The van der Waals surface area contributed by atoms with Crippen LogP contribution in [0.4, 0.5) is 0 Å². The lowest BCUT2D eigenvalue weighted by Gasteiger charge is -2.24. The summed E-state index contributed by atoms with van der Waals surface area (Å²) in [5.41, 5.74) is 0. The molecule has 1 aromatic rings. The Morgan fingerprint density at radius 3 is 2.80 bits per heavy atom. The number of halogens is 2. The minimum Gasteiger partial charge on any atom is -0.310 e. The highest BCUT2D eigenvalue weighted by Crippen LogP contribution is 2.32. The number of benzene rings is 1. The summed E-state index contributed by atoms with van der Waals surface area (Å²) in [6.07, 6.45) is 3.07. The lowest BCUT2D eigenvalue weighted by molar-refractivity contribution is 0.383. The number of fused-ring (bicyclic) bond motifs is 2. The molecular formula is C13H16BrClN2O2S. The molecule has 2 atom stereocenters. The molecule has 4 nitrogen and oxygen atoms in total. The maximum absolute atomic E-state index is 12.8. The molecule has 0 radical (unpaired) electrons. The molecule has 2 bridgehead atoms. The van der Waals surface area contributed by atoms with Gasteiger partial charge in [-0.25, -0.2) is 8.42 Å². The van der Waals surface area contributed by atoms with Gasteiger partial charge in [0.15, 0.2) is 0 Å². The Morgan fingerprint density at radius 2 is 2.00 bits per heavy atom. The second kappa shape index (κ2) is 5.57. The molecule has 1 aromatic carbocycles. The van der Waals surface area contributed by atoms with Crippen molar-refractivity contribution >= 4 is 37.6 Å². The van der Waals surface area contributed by atoms with Crippen LogP contribution in [0, 0.1) is 0 Å². The molecule has 0 saturated carbocycles. The third-order valence-corrected chi connectivity index (χ3v) is 7.59. The Hall–Kier alpha value is -0.140. The Kier molecular flexibility index (Phi) is 4.12. The van der Waals surface area contributed by atoms with Gasteiger partial charge < -0.3 is 5.32 Å². The number of hydrogen-bond acceptors (Lipinski definition) is 3. The van der Waals surface area contributed by atoms with Crippen LogP contribution in [0.5, 0.6) is 0 Å². The van der Waals surface area contributed by atoms with Crippen molar-refractivity contribution in [3.8, 4) is 0 Å². The van der Waals surface area contributed by atoms with E-state index in [1.807, 2.05) is 0 Å². The summed E-state index contributed by atoms with van der Waals surface area (Å²) in [5, 5.41) is 3.91. The minimum absolute atomic E-state index is 0.253. The Balaban J connectivity index is 1.93. The molecule has 7 heteroatoms. The Morgan fingerprint density at radius 1 is 1.25 bits per heavy atom. The van der Waals surface area contributed by atoms with Crippen molar-refractivity contribution in [2.45, 2.75) is 36.2 Å². The van der Waals surface area contributed by atoms with E-state index in [-0.39, 0.29) is 10.9 Å². The van der Waals surface area contributed by atoms with Gasteiger partial charge in [0.1, 0.15) is 0 Å². The summed E-state index contributed by atoms with van der Waals surface area (Å²) >= 11 is 9.30. The van der Waals surface area contributed by atoms with Gasteiger partial charge in [-0.1, -0.05) is 17.7 Å². The van der Waals surface area contributed by atoms with Crippen LogP contribution in [0.2, 0.25) is 5.02 Å². The van der Waals surface area contributed by atoms with Gasteiger partial charge in [0.25, 0.3) is 0 Å². The molecule has 2 heterocycles. The fourth-order valence-electron chi connectivity index (χ4n) is 2.95. The first-order chi connectivity index (χ1) is 9.48. The van der Waals surface area contributed by atoms with Gasteiger partial charge in [-0.2, -0.15) is 4.31 Å². The molecule has 0 aromatic heterocycles. The summed E-state index contributed by atoms with van der Waals surface area (Å²) in [6, 6.07) is 5.68. The standard InChI is InChI=1S/C13H16BrClN2O2S/c14-13-11(15)2-1-3-12(13)20(18,19)17-7-6-9-4-5-10(8-17)16-9/h1-3,9-10,16H,4-8H2. The predicted octanol–water partition coefficient (Wildman–Crippen LogP) is 2.62. The van der Waals surface area contributed by atoms with Crippen molar-refractivity contribution in [3.05, 3.63) is 27.7 Å². The first kappa shape index (κ1) is 14.8. The van der Waals surface area contributed by atoms with E-state index in [0.29, 0.717) is 28.6 Å². The lowest BCUT2D eigenvalue weighted by atomic mass is 10.1. The molecule has 0 spiro atoms. The van der Waals surface area contributed by atoms with Crippen molar-refractivity contribution in [1.29, 1.82) is 0 Å². The molecule has 0 aliphatic carbocycles. The zero-order valence-corrected chi connectivity index (χ0v) is 14.0. The fourth-order valence-corrected chi connectivity index (χ4v) is 5.65. The third kappa shape index (κ3) is 2.64. The van der Waals surface area contributed by atoms with Gasteiger partial charge >= 0.3 is 0 Å². The molecule has 1 N–H and O–H groups in total. The topological polar surface area (TPSA) is 49.4 Å². The zero-order chi connectivity index (χ0) is 14.3. The van der Waals surface area contributed by atoms with Gasteiger partial charge in [0, 0.05) is 25.2 Å². The fraction of sp³-hybridized carbons (Fsp3) is 0.538. The summed E-state index contributed by atoms with van der Waals surface area (Å²) in [7, 11) is -3.50. The SMILES string of the molecule is O=S(=O)(c1cccc(Cl)c1Br)N1CCC2CCC(C1)N2. The van der Waals surface area contributed by atoms with E-state index in [9.17, 15) is 8.42 Å². The summed E-state index contributed by atoms with van der Waals surface area (Å²) in [6.45, 7) is 1.10. The van der Waals surface area contributed by atoms with Crippen molar-refractivity contribution < 1.29 is 8.42 Å². The lowest BCUT2D eigenvalue weighted by Crippen LogP contribution is -2.39. The number of sulfonamides is 1.